The average Bonchev–Trinajstić information content (AvgIpc) is 2.52. The Morgan fingerprint density at radius 1 is 1.27 bits per heavy atom. The molecule has 1 heterocycles. The lowest BCUT2D eigenvalue weighted by Gasteiger charge is -2.40. The normalized spacial score (nSPS) is 19.2. The fourth-order valence-corrected chi connectivity index (χ4v) is 3.24. The van der Waals surface area contributed by atoms with Gasteiger partial charge in [-0.3, -0.25) is 9.69 Å². The standard InChI is InChI=1S/C18H29N3O/c1-15(2)21-12-6-9-17(18(21)22)20(14-11-19)13-10-16-7-4-3-5-8-16/h3-5,7-8,15,17H,6,9-14,19H2,1-2H3. The van der Waals surface area contributed by atoms with Crippen LogP contribution in [0, 0.1) is 0 Å². The summed E-state index contributed by atoms with van der Waals surface area (Å²) in [4.78, 5) is 17.0. The summed E-state index contributed by atoms with van der Waals surface area (Å²) in [5.41, 5.74) is 7.09. The summed E-state index contributed by atoms with van der Waals surface area (Å²) >= 11 is 0. The third kappa shape index (κ3) is 4.31. The van der Waals surface area contributed by atoms with Crippen molar-refractivity contribution in [3.63, 3.8) is 0 Å². The van der Waals surface area contributed by atoms with E-state index in [2.05, 4.69) is 43.0 Å². The molecule has 4 nitrogen and oxygen atoms in total. The maximum Gasteiger partial charge on any atom is 0.240 e. The Morgan fingerprint density at radius 2 is 2.00 bits per heavy atom. The number of rotatable bonds is 7. The van der Waals surface area contributed by atoms with Crippen LogP contribution in [0.5, 0.6) is 0 Å². The number of likely N-dealkylation sites (tertiary alicyclic amines) is 1. The van der Waals surface area contributed by atoms with Gasteiger partial charge in [0, 0.05) is 32.2 Å². The van der Waals surface area contributed by atoms with E-state index in [1.54, 1.807) is 0 Å². The van der Waals surface area contributed by atoms with E-state index in [0.29, 0.717) is 6.54 Å². The molecule has 1 amide bonds. The second kappa shape index (κ2) is 8.30. The van der Waals surface area contributed by atoms with Crippen molar-refractivity contribution in [1.29, 1.82) is 0 Å². The Kier molecular flexibility index (Phi) is 6.40. The third-order valence-corrected chi connectivity index (χ3v) is 4.46. The second-order valence-corrected chi connectivity index (χ2v) is 6.34. The Bertz CT molecular complexity index is 461. The molecule has 0 aromatic heterocycles. The predicted octanol–water partition coefficient (Wildman–Crippen LogP) is 1.89. The van der Waals surface area contributed by atoms with Gasteiger partial charge < -0.3 is 10.6 Å². The SMILES string of the molecule is CC(C)N1CCCC(N(CCN)CCc2ccccc2)C1=O. The summed E-state index contributed by atoms with van der Waals surface area (Å²) in [6, 6.07) is 10.7. The molecule has 1 saturated heterocycles. The summed E-state index contributed by atoms with van der Waals surface area (Å²) in [6.45, 7) is 7.36. The van der Waals surface area contributed by atoms with Crippen molar-refractivity contribution in [2.24, 2.45) is 5.73 Å². The smallest absolute Gasteiger partial charge is 0.240 e. The van der Waals surface area contributed by atoms with Gasteiger partial charge in [-0.05, 0) is 38.7 Å². The molecule has 122 valence electrons. The number of amides is 1. The molecule has 1 aliphatic heterocycles. The molecule has 4 heteroatoms. The van der Waals surface area contributed by atoms with Crippen molar-refractivity contribution in [1.82, 2.24) is 9.80 Å². The summed E-state index contributed by atoms with van der Waals surface area (Å²) in [7, 11) is 0. The average molecular weight is 303 g/mol. The van der Waals surface area contributed by atoms with Gasteiger partial charge in [0.1, 0.15) is 0 Å². The van der Waals surface area contributed by atoms with Crippen LogP contribution in [0.4, 0.5) is 0 Å². The Hall–Kier alpha value is -1.39. The van der Waals surface area contributed by atoms with Crippen molar-refractivity contribution < 1.29 is 4.79 Å². The van der Waals surface area contributed by atoms with Crippen LogP contribution >= 0.6 is 0 Å². The zero-order valence-electron chi connectivity index (χ0n) is 13.9. The fraction of sp³-hybridized carbons (Fsp3) is 0.611. The highest BCUT2D eigenvalue weighted by atomic mass is 16.2. The van der Waals surface area contributed by atoms with Crippen molar-refractivity contribution in [3.05, 3.63) is 35.9 Å². The van der Waals surface area contributed by atoms with Crippen molar-refractivity contribution in [3.8, 4) is 0 Å². The predicted molar refractivity (Wildman–Crippen MR) is 90.6 cm³/mol. The van der Waals surface area contributed by atoms with Crippen LogP contribution in [0.1, 0.15) is 32.3 Å². The van der Waals surface area contributed by atoms with Gasteiger partial charge in [0.25, 0.3) is 0 Å². The van der Waals surface area contributed by atoms with Gasteiger partial charge in [-0.2, -0.15) is 0 Å². The monoisotopic (exact) mass is 303 g/mol. The third-order valence-electron chi connectivity index (χ3n) is 4.46. The van der Waals surface area contributed by atoms with Crippen molar-refractivity contribution in [2.75, 3.05) is 26.2 Å². The highest BCUT2D eigenvalue weighted by Gasteiger charge is 2.33. The van der Waals surface area contributed by atoms with E-state index in [9.17, 15) is 4.79 Å². The Morgan fingerprint density at radius 3 is 2.64 bits per heavy atom. The largest absolute Gasteiger partial charge is 0.339 e. The van der Waals surface area contributed by atoms with E-state index in [4.69, 9.17) is 5.73 Å². The maximum absolute atomic E-state index is 12.7. The first-order chi connectivity index (χ1) is 10.6. The van der Waals surface area contributed by atoms with Gasteiger partial charge in [-0.15, -0.1) is 0 Å². The van der Waals surface area contributed by atoms with E-state index in [1.807, 2.05) is 11.0 Å². The van der Waals surface area contributed by atoms with E-state index in [0.717, 1.165) is 38.9 Å². The molecule has 1 aromatic carbocycles. The lowest BCUT2D eigenvalue weighted by Crippen LogP contribution is -2.55. The number of hydrogen-bond donors (Lipinski definition) is 1. The van der Waals surface area contributed by atoms with Gasteiger partial charge in [-0.25, -0.2) is 0 Å². The summed E-state index contributed by atoms with van der Waals surface area (Å²) in [5.74, 6) is 0.280. The van der Waals surface area contributed by atoms with Gasteiger partial charge in [0.05, 0.1) is 6.04 Å². The van der Waals surface area contributed by atoms with Crippen LogP contribution in [0.15, 0.2) is 30.3 Å². The Labute approximate surface area is 134 Å². The second-order valence-electron chi connectivity index (χ2n) is 6.34. The van der Waals surface area contributed by atoms with Crippen molar-refractivity contribution >= 4 is 5.91 Å². The number of nitrogens with zero attached hydrogens (tertiary/aromatic N) is 2. The maximum atomic E-state index is 12.7. The first kappa shape index (κ1) is 17.0. The van der Waals surface area contributed by atoms with Crippen LogP contribution in [0.2, 0.25) is 0 Å². The number of benzene rings is 1. The molecule has 0 spiro atoms. The molecule has 1 aromatic rings. The quantitative estimate of drug-likeness (QED) is 0.837. The van der Waals surface area contributed by atoms with E-state index in [-0.39, 0.29) is 18.0 Å². The van der Waals surface area contributed by atoms with Crippen LogP contribution in [-0.4, -0.2) is 54.0 Å². The van der Waals surface area contributed by atoms with Gasteiger partial charge >= 0.3 is 0 Å². The molecule has 1 atom stereocenters. The minimum atomic E-state index is 0.00316. The fourth-order valence-electron chi connectivity index (χ4n) is 3.24. The highest BCUT2D eigenvalue weighted by Crippen LogP contribution is 2.19. The minimum Gasteiger partial charge on any atom is -0.339 e. The van der Waals surface area contributed by atoms with Gasteiger partial charge in [0.2, 0.25) is 5.91 Å². The molecule has 0 bridgehead atoms. The molecule has 2 N–H and O–H groups in total. The molecular weight excluding hydrogens is 274 g/mol. The number of hydrogen-bond acceptors (Lipinski definition) is 3. The zero-order valence-corrected chi connectivity index (χ0v) is 13.9. The zero-order chi connectivity index (χ0) is 15.9. The molecule has 1 aliphatic rings. The molecule has 1 fully saturated rings. The number of piperidine rings is 1. The van der Waals surface area contributed by atoms with E-state index in [1.165, 1.54) is 5.56 Å². The van der Waals surface area contributed by atoms with Crippen LogP contribution in [0.25, 0.3) is 0 Å². The number of carbonyl (C=O) groups excluding carboxylic acids is 1. The van der Waals surface area contributed by atoms with Crippen LogP contribution in [-0.2, 0) is 11.2 Å². The lowest BCUT2D eigenvalue weighted by atomic mass is 10.0. The summed E-state index contributed by atoms with van der Waals surface area (Å²) in [6.07, 6.45) is 3.00. The molecule has 0 saturated carbocycles. The first-order valence-electron chi connectivity index (χ1n) is 8.42. The van der Waals surface area contributed by atoms with E-state index >= 15 is 0 Å². The minimum absolute atomic E-state index is 0.00316. The van der Waals surface area contributed by atoms with Gasteiger partial charge in [-0.1, -0.05) is 30.3 Å². The molecule has 22 heavy (non-hydrogen) atoms. The number of nitrogens with two attached hydrogens (primary N) is 1. The topological polar surface area (TPSA) is 49.6 Å². The first-order valence-corrected chi connectivity index (χ1v) is 8.42. The lowest BCUT2D eigenvalue weighted by molar-refractivity contribution is -0.142. The molecule has 0 radical (unpaired) electrons. The van der Waals surface area contributed by atoms with Crippen LogP contribution in [0.3, 0.4) is 0 Å². The summed E-state index contributed by atoms with van der Waals surface area (Å²) in [5, 5.41) is 0. The molecule has 1 unspecified atom stereocenters. The van der Waals surface area contributed by atoms with Crippen LogP contribution < -0.4 is 5.73 Å². The highest BCUT2D eigenvalue weighted by molar-refractivity contribution is 5.82. The summed E-state index contributed by atoms with van der Waals surface area (Å²) < 4.78 is 0. The molecule has 0 aliphatic carbocycles. The molecule has 2 rings (SSSR count). The van der Waals surface area contributed by atoms with E-state index < -0.39 is 0 Å². The Balaban J connectivity index is 2.01. The van der Waals surface area contributed by atoms with Crippen molar-refractivity contribution in [2.45, 2.75) is 45.2 Å². The van der Waals surface area contributed by atoms with Gasteiger partial charge in [0.15, 0.2) is 0 Å². The molecular formula is C18H29N3O. The number of carbonyl (C=O) groups is 1.